The first-order chi connectivity index (χ1) is 19.4. The minimum atomic E-state index is -0.652. The van der Waals surface area contributed by atoms with Gasteiger partial charge in [0.2, 0.25) is 5.88 Å². The fraction of sp³-hybridized carbons (Fsp3) is 0.259. The van der Waals surface area contributed by atoms with Crippen LogP contribution in [0.1, 0.15) is 18.4 Å². The summed E-state index contributed by atoms with van der Waals surface area (Å²) in [6, 6.07) is 3.26. The minimum absolute atomic E-state index is 0.0820. The van der Waals surface area contributed by atoms with Crippen LogP contribution in [0.25, 0.3) is 22.4 Å². The third-order valence-corrected chi connectivity index (χ3v) is 7.47. The van der Waals surface area contributed by atoms with Gasteiger partial charge in [0, 0.05) is 24.8 Å². The number of hydrogen-bond acceptors (Lipinski definition) is 10. The Kier molecular flexibility index (Phi) is 6.54. The van der Waals surface area contributed by atoms with Gasteiger partial charge in [-0.15, -0.1) is 0 Å². The summed E-state index contributed by atoms with van der Waals surface area (Å²) in [7, 11) is 1.37. The summed E-state index contributed by atoms with van der Waals surface area (Å²) < 4.78 is 21.4. The molecule has 204 valence electrons. The van der Waals surface area contributed by atoms with Crippen molar-refractivity contribution in [3.63, 3.8) is 0 Å². The number of nitrogen functional groups attached to an aromatic ring is 1. The number of nitrogens with one attached hydrogen (secondary N) is 2. The van der Waals surface area contributed by atoms with E-state index in [0.29, 0.717) is 52.2 Å². The second-order valence-electron chi connectivity index (χ2n) is 9.74. The summed E-state index contributed by atoms with van der Waals surface area (Å²) >= 11 is 6.41. The van der Waals surface area contributed by atoms with Crippen LogP contribution in [0, 0.1) is 11.2 Å². The lowest BCUT2D eigenvalue weighted by atomic mass is 9.84. The summed E-state index contributed by atoms with van der Waals surface area (Å²) in [5.41, 5.74) is 9.77. The minimum Gasteiger partial charge on any atom is -0.479 e. The van der Waals surface area contributed by atoms with Crippen LogP contribution in [0.15, 0.2) is 60.6 Å². The van der Waals surface area contributed by atoms with Gasteiger partial charge in [-0.1, -0.05) is 17.7 Å². The van der Waals surface area contributed by atoms with Crippen LogP contribution < -0.4 is 20.7 Å². The maximum atomic E-state index is 14.5. The predicted molar refractivity (Wildman–Crippen MR) is 151 cm³/mol. The molecule has 0 aliphatic carbocycles. The summed E-state index contributed by atoms with van der Waals surface area (Å²) in [6.07, 6.45) is 13.3. The number of nitrogens with two attached hydrogens (primary N) is 1. The molecule has 1 spiro atoms. The van der Waals surface area contributed by atoms with Crippen molar-refractivity contribution in [2.45, 2.75) is 24.9 Å². The van der Waals surface area contributed by atoms with E-state index < -0.39 is 11.4 Å². The molecule has 1 saturated heterocycles. The standard InChI is InChI=1S/C27H26ClFN10O/c1-40-26-18(29)8-16(10-33-26)19-9-17(12-39-15-36-23-24(31)34-14-35-25(23)39)20(11-32-19)38-7-3-6-27(13-38)21(30)4-2-5-22(28)37-27/h2,4-5,8-11,14-15,30,37H,3,6-7,12-13H2,1H3,(H2,31,34,35)/t27-/m1/s1. The van der Waals surface area contributed by atoms with E-state index in [-0.39, 0.29) is 5.88 Å². The molecule has 1 atom stereocenters. The molecule has 0 unspecified atom stereocenters. The second-order valence-corrected chi connectivity index (χ2v) is 10.1. The lowest BCUT2D eigenvalue weighted by molar-refractivity contribution is 0.369. The Balaban J connectivity index is 1.43. The Hall–Kier alpha value is -4.58. The lowest BCUT2D eigenvalue weighted by Crippen LogP contribution is -2.60. The largest absolute Gasteiger partial charge is 0.479 e. The van der Waals surface area contributed by atoms with Crippen LogP contribution in [0.4, 0.5) is 15.9 Å². The van der Waals surface area contributed by atoms with E-state index in [1.807, 2.05) is 10.6 Å². The smallest absolute Gasteiger partial charge is 0.250 e. The Bertz CT molecular complexity index is 1690. The SMILES string of the molecule is COc1ncc(-c2cc(Cn3cnc4c(N)ncnc43)c(N3CCC[C@]4(C3)NC(Cl)=CC=CC4=N)cn2)cc1F. The number of pyridine rings is 2. The molecule has 2 aliphatic heterocycles. The zero-order valence-electron chi connectivity index (χ0n) is 21.6. The summed E-state index contributed by atoms with van der Waals surface area (Å²) in [4.78, 5) is 23.8. The van der Waals surface area contributed by atoms with E-state index in [1.165, 1.54) is 25.7 Å². The van der Waals surface area contributed by atoms with Gasteiger partial charge in [0.05, 0.1) is 48.8 Å². The van der Waals surface area contributed by atoms with E-state index in [1.54, 1.807) is 30.8 Å². The molecule has 0 saturated carbocycles. The van der Waals surface area contributed by atoms with Gasteiger partial charge in [-0.3, -0.25) is 4.98 Å². The number of aromatic nitrogens is 6. The van der Waals surface area contributed by atoms with Crippen LogP contribution in [0.2, 0.25) is 0 Å². The number of fused-ring (bicyclic) bond motifs is 1. The Morgan fingerprint density at radius 3 is 2.90 bits per heavy atom. The highest BCUT2D eigenvalue weighted by Gasteiger charge is 2.40. The number of nitrogens with zero attached hydrogens (tertiary/aromatic N) is 7. The first kappa shape index (κ1) is 25.7. The van der Waals surface area contributed by atoms with Crippen LogP contribution in [0.3, 0.4) is 0 Å². The first-order valence-electron chi connectivity index (χ1n) is 12.6. The predicted octanol–water partition coefficient (Wildman–Crippen LogP) is 3.66. The monoisotopic (exact) mass is 560 g/mol. The molecule has 4 aromatic rings. The number of allylic oxidation sites excluding steroid dienone is 2. The van der Waals surface area contributed by atoms with Crippen molar-refractivity contribution in [1.29, 1.82) is 5.41 Å². The van der Waals surface area contributed by atoms with Crippen molar-refractivity contribution in [2.75, 3.05) is 30.8 Å². The quantitative estimate of drug-likeness (QED) is 0.311. The molecule has 40 heavy (non-hydrogen) atoms. The maximum Gasteiger partial charge on any atom is 0.250 e. The maximum absolute atomic E-state index is 14.5. The van der Waals surface area contributed by atoms with Crippen LogP contribution in [-0.4, -0.2) is 60.9 Å². The van der Waals surface area contributed by atoms with Crippen molar-refractivity contribution < 1.29 is 9.13 Å². The van der Waals surface area contributed by atoms with E-state index in [4.69, 9.17) is 27.5 Å². The number of imidazole rings is 1. The number of anilines is 2. The van der Waals surface area contributed by atoms with E-state index in [0.717, 1.165) is 30.6 Å². The average Bonchev–Trinajstić information content (AvgIpc) is 3.31. The van der Waals surface area contributed by atoms with Crippen molar-refractivity contribution >= 4 is 40.0 Å². The van der Waals surface area contributed by atoms with Crippen molar-refractivity contribution in [2.24, 2.45) is 0 Å². The number of halogens is 2. The van der Waals surface area contributed by atoms with Gasteiger partial charge in [0.25, 0.3) is 0 Å². The van der Waals surface area contributed by atoms with Gasteiger partial charge < -0.3 is 30.7 Å². The third kappa shape index (κ3) is 4.60. The summed E-state index contributed by atoms with van der Waals surface area (Å²) in [5, 5.41) is 12.6. The van der Waals surface area contributed by atoms with Gasteiger partial charge >= 0.3 is 0 Å². The fourth-order valence-corrected chi connectivity index (χ4v) is 5.54. The van der Waals surface area contributed by atoms with Gasteiger partial charge in [-0.05, 0) is 42.7 Å². The molecule has 0 aromatic carbocycles. The molecule has 6 rings (SSSR count). The molecular weight excluding hydrogens is 535 g/mol. The number of piperidine rings is 1. The van der Waals surface area contributed by atoms with Crippen LogP contribution >= 0.6 is 11.6 Å². The number of hydrogen-bond donors (Lipinski definition) is 3. The van der Waals surface area contributed by atoms with Gasteiger partial charge in [-0.25, -0.2) is 24.3 Å². The first-order valence-corrected chi connectivity index (χ1v) is 13.0. The molecule has 4 N–H and O–H groups in total. The summed E-state index contributed by atoms with van der Waals surface area (Å²) in [6.45, 7) is 1.65. The zero-order valence-corrected chi connectivity index (χ0v) is 22.4. The molecule has 13 heteroatoms. The number of ether oxygens (including phenoxy) is 1. The normalized spacial score (nSPS) is 19.0. The third-order valence-electron chi connectivity index (χ3n) is 7.25. The molecule has 0 amide bonds. The van der Waals surface area contributed by atoms with Crippen molar-refractivity contribution in [3.05, 3.63) is 71.9 Å². The molecule has 2 aliphatic rings. The molecular formula is C27H26ClFN10O. The fourth-order valence-electron chi connectivity index (χ4n) is 5.28. The van der Waals surface area contributed by atoms with Gasteiger partial charge in [-0.2, -0.15) is 0 Å². The highest BCUT2D eigenvalue weighted by atomic mass is 35.5. The number of rotatable bonds is 5. The Morgan fingerprint density at radius 1 is 1.20 bits per heavy atom. The van der Waals surface area contributed by atoms with Gasteiger partial charge in [0.15, 0.2) is 17.3 Å². The Morgan fingerprint density at radius 2 is 2.08 bits per heavy atom. The summed E-state index contributed by atoms with van der Waals surface area (Å²) in [5.74, 6) is -0.358. The van der Waals surface area contributed by atoms with Crippen molar-refractivity contribution in [3.8, 4) is 17.1 Å². The second kappa shape index (κ2) is 10.2. The number of methoxy groups -OCH3 is 1. The molecule has 11 nitrogen and oxygen atoms in total. The Labute approximate surface area is 234 Å². The topological polar surface area (TPSA) is 144 Å². The van der Waals surface area contributed by atoms with Crippen molar-refractivity contribution in [1.82, 2.24) is 34.8 Å². The van der Waals surface area contributed by atoms with Gasteiger partial charge in [0.1, 0.15) is 17.0 Å². The van der Waals surface area contributed by atoms with E-state index >= 15 is 0 Å². The molecule has 4 aromatic heterocycles. The molecule has 0 bridgehead atoms. The lowest BCUT2D eigenvalue weighted by Gasteiger charge is -2.44. The van der Waals surface area contributed by atoms with E-state index in [9.17, 15) is 4.39 Å². The van der Waals surface area contributed by atoms with Crippen LogP contribution in [-0.2, 0) is 6.54 Å². The highest BCUT2D eigenvalue weighted by molar-refractivity contribution is 6.29. The van der Waals surface area contributed by atoms with Crippen LogP contribution in [0.5, 0.6) is 5.88 Å². The molecule has 0 radical (unpaired) electrons. The average molecular weight is 561 g/mol. The molecule has 6 heterocycles. The van der Waals surface area contributed by atoms with E-state index in [2.05, 4.69) is 35.1 Å². The highest BCUT2D eigenvalue weighted by Crippen LogP contribution is 2.34. The zero-order chi connectivity index (χ0) is 27.9. The molecule has 1 fully saturated rings.